The molecular weight excluding hydrogens is 367 g/mol. The molecule has 0 spiro atoms. The molecule has 0 saturated heterocycles. The molecule has 15 nitrogen and oxygen atoms in total. The van der Waals surface area contributed by atoms with Gasteiger partial charge in [0.2, 0.25) is 0 Å². The van der Waals surface area contributed by atoms with Crippen LogP contribution < -0.4 is 5.73 Å². The number of nitrogens with two attached hydrogens (primary N) is 1. The Labute approximate surface area is 146 Å². The van der Waals surface area contributed by atoms with Crippen molar-refractivity contribution in [3.8, 4) is 0 Å². The van der Waals surface area contributed by atoms with Gasteiger partial charge in [0.15, 0.2) is 5.96 Å². The van der Waals surface area contributed by atoms with Gasteiger partial charge in [0, 0.05) is 7.05 Å². The van der Waals surface area contributed by atoms with E-state index in [1.807, 2.05) is 0 Å². The summed E-state index contributed by atoms with van der Waals surface area (Å²) in [4.78, 5) is 37.1. The van der Waals surface area contributed by atoms with Crippen LogP contribution in [0.5, 0.6) is 0 Å². The van der Waals surface area contributed by atoms with Crippen LogP contribution in [-0.2, 0) is 22.8 Å². The summed E-state index contributed by atoms with van der Waals surface area (Å²) in [6.45, 7) is -0.662. The van der Waals surface area contributed by atoms with Gasteiger partial charge in [-0.05, 0) is 0 Å². The molecule has 134 valence electrons. The van der Waals surface area contributed by atoms with Crippen molar-refractivity contribution >= 4 is 57.1 Å². The van der Waals surface area contributed by atoms with E-state index in [9.17, 15) is 13.9 Å². The van der Waals surface area contributed by atoms with Crippen molar-refractivity contribution < 1.29 is 59.3 Å². The number of nitrogens with zero attached hydrogens (tertiary/aromatic N) is 1. The molecule has 0 fully saturated rings. The normalized spacial score (nSPS) is 11.5. The van der Waals surface area contributed by atoms with Crippen LogP contribution in [0.25, 0.3) is 0 Å². The minimum atomic E-state index is -5.27. The van der Waals surface area contributed by atoms with E-state index in [1.165, 1.54) is 7.05 Å². The molecule has 18 heteroatoms. The Morgan fingerprint density at radius 3 is 1.82 bits per heavy atom. The third kappa shape index (κ3) is 19.9. The van der Waals surface area contributed by atoms with Crippen LogP contribution in [0.3, 0.4) is 0 Å². The predicted octanol–water partition coefficient (Wildman–Crippen LogP) is -5.38. The Hall–Kier alpha value is -0.120. The third-order valence-electron chi connectivity index (χ3n) is 1.20. The van der Waals surface area contributed by atoms with Gasteiger partial charge in [-0.25, -0.2) is 13.9 Å². The molecular formula is C4H20N3NaO12P2. The summed E-state index contributed by atoms with van der Waals surface area (Å²) in [5, 5.41) is 6.88. The van der Waals surface area contributed by atoms with E-state index >= 15 is 0 Å². The van der Waals surface area contributed by atoms with Gasteiger partial charge in [-0.3, -0.25) is 10.3 Å². The second-order valence-corrected chi connectivity index (χ2v) is 5.50. The zero-order chi connectivity index (χ0) is 13.9. The number of hydrogen-bond donors (Lipinski definition) is 5. The number of carbonyl (C=O) groups excluding carboxylic acids is 1. The fourth-order valence-electron chi connectivity index (χ4n) is 0.587. The first-order chi connectivity index (χ1) is 7.43. The summed E-state index contributed by atoms with van der Waals surface area (Å²) in [6.07, 6.45) is 0. The first-order valence-corrected chi connectivity index (χ1v) is 6.83. The van der Waals surface area contributed by atoms with Crippen molar-refractivity contribution in [2.45, 2.75) is 0 Å². The van der Waals surface area contributed by atoms with Crippen molar-refractivity contribution in [2.24, 2.45) is 5.73 Å². The number of rotatable bonds is 5. The molecule has 0 radical (unpaired) electrons. The topological polar surface area (TPSA) is 309 Å². The van der Waals surface area contributed by atoms with Gasteiger partial charge in [0.25, 0.3) is 0 Å². The van der Waals surface area contributed by atoms with E-state index < -0.39 is 34.1 Å². The van der Waals surface area contributed by atoms with Crippen molar-refractivity contribution in [2.75, 3.05) is 13.6 Å². The molecule has 0 aromatic carbocycles. The number of guanidine groups is 1. The molecule has 22 heavy (non-hydrogen) atoms. The van der Waals surface area contributed by atoms with Gasteiger partial charge >= 0.3 is 51.2 Å². The van der Waals surface area contributed by atoms with E-state index in [1.54, 1.807) is 0 Å². The van der Waals surface area contributed by atoms with E-state index in [2.05, 4.69) is 8.83 Å². The van der Waals surface area contributed by atoms with Crippen molar-refractivity contribution in [1.29, 1.82) is 5.41 Å². The average molecular weight is 387 g/mol. The maximum atomic E-state index is 11.0. The first-order valence-electron chi connectivity index (χ1n) is 3.80. The summed E-state index contributed by atoms with van der Waals surface area (Å²) < 4.78 is 28.3. The van der Waals surface area contributed by atoms with Crippen LogP contribution in [0.1, 0.15) is 0 Å². The van der Waals surface area contributed by atoms with Gasteiger partial charge in [-0.15, -0.1) is 0 Å². The average Bonchev–Trinajstić information content (AvgIpc) is 1.96. The Morgan fingerprint density at radius 2 is 1.55 bits per heavy atom. The number of likely N-dealkylation sites (N-methyl/N-ethyl adjacent to an activating group) is 1. The van der Waals surface area contributed by atoms with Crippen molar-refractivity contribution in [3.05, 3.63) is 0 Å². The van der Waals surface area contributed by atoms with Crippen molar-refractivity contribution in [3.63, 3.8) is 0 Å². The summed E-state index contributed by atoms with van der Waals surface area (Å²) in [6, 6.07) is 0. The van der Waals surface area contributed by atoms with E-state index in [0.717, 1.165) is 4.90 Å². The molecule has 0 amide bonds. The standard InChI is InChI=1S/C4H11N3O8P2.Na.4H2O.H/c1-7(4(5)6)2-3(8)14-17(12,13)15-16(9,10)11;;;;;;/h2H2,1H3,(H3,5,6)(H,12,13)(H2,9,10,11);;4*1H2;. The molecule has 1 atom stereocenters. The zero-order valence-corrected chi connectivity index (χ0v) is 12.3. The van der Waals surface area contributed by atoms with Crippen LogP contribution in [0.2, 0.25) is 0 Å². The molecule has 0 aliphatic heterocycles. The van der Waals surface area contributed by atoms with Gasteiger partial charge in [0.05, 0.1) is 0 Å². The number of hydrogen-bond acceptors (Lipinski definition) is 6. The Kier molecular flexibility index (Phi) is 24.9. The van der Waals surface area contributed by atoms with Gasteiger partial charge in [-0.1, -0.05) is 0 Å². The second kappa shape index (κ2) is 14.5. The van der Waals surface area contributed by atoms with Crippen LogP contribution >= 0.6 is 15.6 Å². The number of nitrogens with one attached hydrogen (secondary N) is 1. The molecule has 0 aromatic rings. The fraction of sp³-hybridized carbons (Fsp3) is 0.500. The van der Waals surface area contributed by atoms with Crippen LogP contribution in [0, 0.1) is 5.41 Å². The predicted molar refractivity (Wildman–Crippen MR) is 75.2 cm³/mol. The summed E-state index contributed by atoms with van der Waals surface area (Å²) >= 11 is 0. The molecule has 0 heterocycles. The maximum absolute atomic E-state index is 11.0. The minimum absolute atomic E-state index is 0. The van der Waals surface area contributed by atoms with Gasteiger partial charge in [0.1, 0.15) is 6.54 Å². The van der Waals surface area contributed by atoms with Crippen LogP contribution in [0.15, 0.2) is 0 Å². The number of carbonyl (C=O) groups is 1. The van der Waals surface area contributed by atoms with Crippen LogP contribution in [-0.4, -0.2) is 96.6 Å². The fourth-order valence-corrected chi connectivity index (χ4v) is 2.11. The summed E-state index contributed by atoms with van der Waals surface area (Å²) in [5.41, 5.74) is 4.96. The molecule has 1 unspecified atom stereocenters. The Morgan fingerprint density at radius 1 is 1.18 bits per heavy atom. The number of phosphoric ester groups is 1. The molecule has 0 rings (SSSR count). The number of phosphoric acid groups is 2. The summed E-state index contributed by atoms with van der Waals surface area (Å²) in [7, 11) is -9.26. The Bertz CT molecular complexity index is 413. The molecule has 0 aliphatic rings. The third-order valence-corrected chi connectivity index (χ3v) is 3.31. The van der Waals surface area contributed by atoms with Gasteiger partial charge in [-0.2, -0.15) is 4.31 Å². The first kappa shape index (κ1) is 37.8. The van der Waals surface area contributed by atoms with E-state index in [-0.39, 0.29) is 51.5 Å². The van der Waals surface area contributed by atoms with E-state index in [0.29, 0.717) is 0 Å². The molecule has 14 N–H and O–H groups in total. The molecule has 0 bridgehead atoms. The van der Waals surface area contributed by atoms with Gasteiger partial charge < -0.3 is 46.8 Å². The monoisotopic (exact) mass is 387 g/mol. The molecule has 0 aliphatic carbocycles. The molecule has 0 aromatic heterocycles. The van der Waals surface area contributed by atoms with E-state index in [4.69, 9.17) is 25.8 Å². The quantitative estimate of drug-likeness (QED) is 0.129. The van der Waals surface area contributed by atoms with Crippen molar-refractivity contribution in [1.82, 2.24) is 4.90 Å². The van der Waals surface area contributed by atoms with Crippen LogP contribution in [0.4, 0.5) is 0 Å². The summed E-state index contributed by atoms with van der Waals surface area (Å²) in [5.74, 6) is -1.85. The SMILES string of the molecule is CN(CC(=O)OP(=O)(O)OP(=O)(O)O)C(=N)N.O.O.O.O.[NaH]. The Balaban J connectivity index is -0.000000128. The molecule has 0 saturated carbocycles. The zero-order valence-electron chi connectivity index (χ0n) is 10.5. The second-order valence-electron chi connectivity index (χ2n) is 2.75.